The standard InChI is InChI=1S/C28H30F18O4/c29-21(30,23(33,34)25(37,38)27(41,42)43)13-17(15-7-3-1-4-8-15)49-19(47)11-12-20(48)50-18(16-9-5-2-6-10-16)14-22(31,32)24(35,36)26(39,40)28(44,45)46/h11-12,15-18H,1-10,13-14H2/b12-11+. The van der Waals surface area contributed by atoms with Gasteiger partial charge in [-0.25, -0.2) is 9.59 Å². The van der Waals surface area contributed by atoms with Gasteiger partial charge in [-0.1, -0.05) is 38.5 Å². The summed E-state index contributed by atoms with van der Waals surface area (Å²) in [6.07, 6.45) is -23.3. The number of rotatable bonds is 14. The van der Waals surface area contributed by atoms with E-state index in [-0.39, 0.29) is 63.5 Å². The third-order valence-electron chi connectivity index (χ3n) is 8.58. The minimum absolute atomic E-state index is 0.0265. The van der Waals surface area contributed by atoms with Gasteiger partial charge in [0.05, 0.1) is 12.8 Å². The molecule has 0 amide bonds. The lowest BCUT2D eigenvalue weighted by molar-refractivity contribution is -0.398. The van der Waals surface area contributed by atoms with Crippen LogP contribution in [-0.4, -0.2) is 72.0 Å². The summed E-state index contributed by atoms with van der Waals surface area (Å²) in [7, 11) is 0. The SMILES string of the molecule is O=C(/C=C/C(=O)OC(CC(F)(F)C(F)(F)C(F)(F)C(F)(F)F)C1CCCCC1)OC(CC(F)(F)C(F)(F)C(F)(F)C(F)(F)F)C1CCCCC1. The molecule has 0 aromatic heterocycles. The van der Waals surface area contributed by atoms with Crippen LogP contribution in [0.25, 0.3) is 0 Å². The maximum atomic E-state index is 14.4. The van der Waals surface area contributed by atoms with Gasteiger partial charge in [0.15, 0.2) is 0 Å². The molecule has 0 aliphatic heterocycles. The highest BCUT2D eigenvalue weighted by atomic mass is 19.4. The molecule has 2 atom stereocenters. The first-order valence-corrected chi connectivity index (χ1v) is 14.9. The second-order valence-corrected chi connectivity index (χ2v) is 12.2. The maximum absolute atomic E-state index is 14.4. The van der Waals surface area contributed by atoms with E-state index in [4.69, 9.17) is 0 Å². The molecule has 0 radical (unpaired) electrons. The summed E-state index contributed by atoms with van der Waals surface area (Å²) in [5.41, 5.74) is 0. The average molecular weight is 773 g/mol. The van der Waals surface area contributed by atoms with E-state index in [2.05, 4.69) is 9.47 Å². The minimum Gasteiger partial charge on any atom is -0.459 e. The van der Waals surface area contributed by atoms with Crippen LogP contribution in [0.1, 0.15) is 77.0 Å². The van der Waals surface area contributed by atoms with Crippen LogP contribution in [0.3, 0.4) is 0 Å². The number of hydrogen-bond donors (Lipinski definition) is 0. The minimum atomic E-state index is -7.24. The van der Waals surface area contributed by atoms with Crippen LogP contribution in [0.5, 0.6) is 0 Å². The lowest BCUT2D eigenvalue weighted by atomic mass is 9.82. The Bertz CT molecular complexity index is 1090. The second-order valence-electron chi connectivity index (χ2n) is 12.2. The van der Waals surface area contributed by atoms with Crippen molar-refractivity contribution in [1.29, 1.82) is 0 Å². The van der Waals surface area contributed by atoms with Gasteiger partial charge in [0, 0.05) is 12.2 Å². The first-order chi connectivity index (χ1) is 22.4. The van der Waals surface area contributed by atoms with Crippen LogP contribution in [0, 0.1) is 11.8 Å². The molecule has 2 unspecified atom stereocenters. The zero-order valence-electron chi connectivity index (χ0n) is 25.4. The molecule has 50 heavy (non-hydrogen) atoms. The Kier molecular flexibility index (Phi) is 13.2. The number of carbonyl (C=O) groups excluding carboxylic acids is 2. The van der Waals surface area contributed by atoms with Gasteiger partial charge in [-0.2, -0.15) is 79.0 Å². The number of esters is 2. The van der Waals surface area contributed by atoms with Gasteiger partial charge >= 0.3 is 59.8 Å². The molecule has 0 heterocycles. The summed E-state index contributed by atoms with van der Waals surface area (Å²) in [5.74, 6) is -47.3. The molecule has 2 aliphatic carbocycles. The molecule has 4 nitrogen and oxygen atoms in total. The summed E-state index contributed by atoms with van der Waals surface area (Å²) in [4.78, 5) is 24.7. The van der Waals surface area contributed by atoms with Crippen molar-refractivity contribution in [2.24, 2.45) is 11.8 Å². The molecule has 292 valence electrons. The van der Waals surface area contributed by atoms with Crippen LogP contribution in [0.15, 0.2) is 12.2 Å². The smallest absolute Gasteiger partial charge is 0.459 e. The number of hydrogen-bond acceptors (Lipinski definition) is 4. The Hall–Kier alpha value is -2.58. The van der Waals surface area contributed by atoms with Crippen molar-refractivity contribution < 1.29 is 98.1 Å². The molecule has 2 aliphatic rings. The lowest BCUT2D eigenvalue weighted by Crippen LogP contribution is -2.61. The molecular formula is C28H30F18O4. The summed E-state index contributed by atoms with van der Waals surface area (Å²) >= 11 is 0. The molecule has 22 heteroatoms. The van der Waals surface area contributed by atoms with Gasteiger partial charge in [0.2, 0.25) is 0 Å². The fourth-order valence-corrected chi connectivity index (χ4v) is 5.71. The summed E-state index contributed by atoms with van der Waals surface area (Å²) < 4.78 is 252. The third kappa shape index (κ3) is 9.25. The fraction of sp³-hybridized carbons (Fsp3) is 0.857. The van der Waals surface area contributed by atoms with E-state index in [0.29, 0.717) is 12.8 Å². The maximum Gasteiger partial charge on any atom is 0.460 e. The van der Waals surface area contributed by atoms with Crippen molar-refractivity contribution in [3.05, 3.63) is 12.2 Å². The van der Waals surface area contributed by atoms with Crippen molar-refractivity contribution >= 4 is 11.9 Å². The second kappa shape index (κ2) is 15.2. The van der Waals surface area contributed by atoms with Crippen molar-refractivity contribution in [1.82, 2.24) is 0 Å². The van der Waals surface area contributed by atoms with E-state index >= 15 is 0 Å². The van der Waals surface area contributed by atoms with E-state index < -0.39 is 96.7 Å². The van der Waals surface area contributed by atoms with Crippen LogP contribution in [0.4, 0.5) is 79.0 Å². The van der Waals surface area contributed by atoms with Gasteiger partial charge in [0.1, 0.15) is 12.2 Å². The third-order valence-corrected chi connectivity index (χ3v) is 8.58. The van der Waals surface area contributed by atoms with Crippen LogP contribution in [0.2, 0.25) is 0 Å². The molecule has 0 saturated heterocycles. The molecule has 0 N–H and O–H groups in total. The topological polar surface area (TPSA) is 52.6 Å². The van der Waals surface area contributed by atoms with Crippen LogP contribution >= 0.6 is 0 Å². The highest BCUT2D eigenvalue weighted by molar-refractivity contribution is 5.91. The normalized spacial score (nSPS) is 20.1. The predicted molar refractivity (Wildman–Crippen MR) is 133 cm³/mol. The summed E-state index contributed by atoms with van der Waals surface area (Å²) in [6.45, 7) is 0. The Labute approximate surface area is 271 Å². The van der Waals surface area contributed by atoms with Crippen molar-refractivity contribution in [2.75, 3.05) is 0 Å². The molecule has 0 aromatic rings. The van der Waals surface area contributed by atoms with Gasteiger partial charge in [-0.15, -0.1) is 0 Å². The summed E-state index contributed by atoms with van der Waals surface area (Å²) in [5, 5.41) is 0. The highest BCUT2D eigenvalue weighted by Gasteiger charge is 2.83. The molecule has 2 saturated carbocycles. The molecule has 0 spiro atoms. The average Bonchev–Trinajstić information content (AvgIpc) is 2.98. The predicted octanol–water partition coefficient (Wildman–Crippen LogP) is 10.2. The van der Waals surface area contributed by atoms with Gasteiger partial charge in [-0.05, 0) is 37.5 Å². The van der Waals surface area contributed by atoms with Crippen LogP contribution in [-0.2, 0) is 19.1 Å². The number of ether oxygens (including phenoxy) is 2. The Balaban J connectivity index is 2.29. The number of alkyl halides is 18. The van der Waals surface area contributed by atoms with E-state index in [0.717, 1.165) is 0 Å². The molecular weight excluding hydrogens is 742 g/mol. The first-order valence-electron chi connectivity index (χ1n) is 14.9. The van der Waals surface area contributed by atoms with Gasteiger partial charge in [-0.3, -0.25) is 0 Å². The van der Waals surface area contributed by atoms with E-state index in [1.807, 2.05) is 0 Å². The molecule has 2 rings (SSSR count). The van der Waals surface area contributed by atoms with E-state index in [9.17, 15) is 88.6 Å². The summed E-state index contributed by atoms with van der Waals surface area (Å²) in [6, 6.07) is 0. The van der Waals surface area contributed by atoms with Crippen LogP contribution < -0.4 is 0 Å². The molecule has 2 fully saturated rings. The van der Waals surface area contributed by atoms with E-state index in [1.54, 1.807) is 0 Å². The zero-order valence-corrected chi connectivity index (χ0v) is 25.4. The zero-order chi connectivity index (χ0) is 38.8. The fourth-order valence-electron chi connectivity index (χ4n) is 5.71. The van der Waals surface area contributed by atoms with Crippen molar-refractivity contribution in [3.63, 3.8) is 0 Å². The molecule has 0 bridgehead atoms. The largest absolute Gasteiger partial charge is 0.460 e. The number of carbonyl (C=O) groups is 2. The van der Waals surface area contributed by atoms with Gasteiger partial charge in [0.25, 0.3) is 0 Å². The Morgan fingerprint density at radius 3 is 0.960 bits per heavy atom. The van der Waals surface area contributed by atoms with Crippen molar-refractivity contribution in [3.8, 4) is 0 Å². The van der Waals surface area contributed by atoms with E-state index in [1.165, 1.54) is 0 Å². The Morgan fingerprint density at radius 2 is 0.720 bits per heavy atom. The monoisotopic (exact) mass is 772 g/mol. The molecule has 0 aromatic carbocycles. The Morgan fingerprint density at radius 1 is 0.460 bits per heavy atom. The first kappa shape index (κ1) is 43.6. The lowest BCUT2D eigenvalue weighted by Gasteiger charge is -2.37. The highest BCUT2D eigenvalue weighted by Crippen LogP contribution is 2.56. The quantitative estimate of drug-likeness (QED) is 0.100. The number of halogens is 18. The van der Waals surface area contributed by atoms with Gasteiger partial charge < -0.3 is 9.47 Å². The van der Waals surface area contributed by atoms with Crippen molar-refractivity contribution in [2.45, 2.75) is 137 Å².